The molecule has 0 aliphatic rings. The summed E-state index contributed by atoms with van der Waals surface area (Å²) in [7, 11) is 1.60. The zero-order valence-electron chi connectivity index (χ0n) is 9.36. The van der Waals surface area contributed by atoms with Gasteiger partial charge in [-0.15, -0.1) is 0 Å². The van der Waals surface area contributed by atoms with E-state index < -0.39 is 0 Å². The standard InChI is InChI=1S/C13H13NO2/c1-3-11(15)9-6-7-12(16-2)13-10(9)5-4-8-14-13/h4-8H,3H2,1-2H3. The number of hydrogen-bond donors (Lipinski definition) is 0. The molecule has 0 N–H and O–H groups in total. The molecule has 0 saturated heterocycles. The predicted molar refractivity (Wildman–Crippen MR) is 62.9 cm³/mol. The Morgan fingerprint density at radius 1 is 1.38 bits per heavy atom. The molecule has 0 saturated carbocycles. The van der Waals surface area contributed by atoms with Crippen LogP contribution in [0, 0.1) is 0 Å². The molecule has 0 atom stereocenters. The molecule has 0 radical (unpaired) electrons. The average molecular weight is 215 g/mol. The van der Waals surface area contributed by atoms with Gasteiger partial charge in [-0.25, -0.2) is 0 Å². The monoisotopic (exact) mass is 215 g/mol. The number of carbonyl (C=O) groups excluding carboxylic acids is 1. The fourth-order valence-electron chi connectivity index (χ4n) is 1.75. The lowest BCUT2D eigenvalue weighted by molar-refractivity contribution is 0.0989. The van der Waals surface area contributed by atoms with Crippen molar-refractivity contribution in [1.29, 1.82) is 0 Å². The van der Waals surface area contributed by atoms with Gasteiger partial charge in [-0.05, 0) is 18.2 Å². The van der Waals surface area contributed by atoms with Gasteiger partial charge in [-0.3, -0.25) is 9.78 Å². The van der Waals surface area contributed by atoms with Crippen molar-refractivity contribution in [2.45, 2.75) is 13.3 Å². The van der Waals surface area contributed by atoms with E-state index in [0.29, 0.717) is 17.7 Å². The van der Waals surface area contributed by atoms with E-state index >= 15 is 0 Å². The number of aromatic nitrogens is 1. The minimum Gasteiger partial charge on any atom is -0.494 e. The molecule has 1 aromatic heterocycles. The number of rotatable bonds is 3. The van der Waals surface area contributed by atoms with E-state index in [2.05, 4.69) is 4.98 Å². The van der Waals surface area contributed by atoms with Crippen LogP contribution >= 0.6 is 0 Å². The number of pyridine rings is 1. The number of benzene rings is 1. The van der Waals surface area contributed by atoms with Crippen molar-refractivity contribution in [2.24, 2.45) is 0 Å². The molecular weight excluding hydrogens is 202 g/mol. The molecule has 82 valence electrons. The maximum absolute atomic E-state index is 11.8. The number of nitrogens with zero attached hydrogens (tertiary/aromatic N) is 1. The first-order chi connectivity index (χ1) is 7.77. The van der Waals surface area contributed by atoms with Crippen molar-refractivity contribution < 1.29 is 9.53 Å². The average Bonchev–Trinajstić information content (AvgIpc) is 2.36. The minimum atomic E-state index is 0.126. The molecule has 2 aromatic rings. The second kappa shape index (κ2) is 4.31. The van der Waals surface area contributed by atoms with Crippen LogP contribution in [0.2, 0.25) is 0 Å². The van der Waals surface area contributed by atoms with Gasteiger partial charge in [0.1, 0.15) is 11.3 Å². The summed E-state index contributed by atoms with van der Waals surface area (Å²) < 4.78 is 5.22. The van der Waals surface area contributed by atoms with E-state index in [-0.39, 0.29) is 5.78 Å². The van der Waals surface area contributed by atoms with Crippen LogP contribution in [0.5, 0.6) is 5.75 Å². The third-order valence-corrected chi connectivity index (χ3v) is 2.57. The summed E-state index contributed by atoms with van der Waals surface area (Å²) >= 11 is 0. The van der Waals surface area contributed by atoms with Crippen molar-refractivity contribution in [3.05, 3.63) is 36.0 Å². The number of hydrogen-bond acceptors (Lipinski definition) is 3. The van der Waals surface area contributed by atoms with Crippen LogP contribution in [0.1, 0.15) is 23.7 Å². The Hall–Kier alpha value is -1.90. The zero-order valence-corrected chi connectivity index (χ0v) is 9.36. The number of Topliss-reactive ketones (excluding diaryl/α,β-unsaturated/α-hetero) is 1. The van der Waals surface area contributed by atoms with E-state index in [1.165, 1.54) is 0 Å². The molecule has 3 heteroatoms. The number of fused-ring (bicyclic) bond motifs is 1. The van der Waals surface area contributed by atoms with Crippen LogP contribution in [-0.4, -0.2) is 17.9 Å². The first kappa shape index (κ1) is 10.6. The summed E-state index contributed by atoms with van der Waals surface area (Å²) in [5.41, 5.74) is 1.45. The third kappa shape index (κ3) is 1.65. The highest BCUT2D eigenvalue weighted by Gasteiger charge is 2.11. The third-order valence-electron chi connectivity index (χ3n) is 2.57. The number of ether oxygens (including phenoxy) is 1. The van der Waals surface area contributed by atoms with Gasteiger partial charge in [0.15, 0.2) is 5.78 Å². The molecule has 1 heterocycles. The Morgan fingerprint density at radius 2 is 2.19 bits per heavy atom. The molecule has 0 unspecified atom stereocenters. The van der Waals surface area contributed by atoms with Crippen molar-refractivity contribution in [3.8, 4) is 5.75 Å². The lowest BCUT2D eigenvalue weighted by Gasteiger charge is -2.07. The minimum absolute atomic E-state index is 0.126. The zero-order chi connectivity index (χ0) is 11.5. The van der Waals surface area contributed by atoms with Crippen molar-refractivity contribution >= 4 is 16.7 Å². The van der Waals surface area contributed by atoms with E-state index in [9.17, 15) is 4.79 Å². The van der Waals surface area contributed by atoms with Crippen molar-refractivity contribution in [3.63, 3.8) is 0 Å². The van der Waals surface area contributed by atoms with E-state index in [4.69, 9.17) is 4.74 Å². The van der Waals surface area contributed by atoms with E-state index in [0.717, 1.165) is 10.9 Å². The molecule has 0 aliphatic heterocycles. The Kier molecular flexibility index (Phi) is 2.86. The molecule has 0 spiro atoms. The molecule has 0 aliphatic carbocycles. The molecule has 1 aromatic carbocycles. The summed E-state index contributed by atoms with van der Waals surface area (Å²) in [5.74, 6) is 0.823. The fraction of sp³-hybridized carbons (Fsp3) is 0.231. The largest absolute Gasteiger partial charge is 0.494 e. The SMILES string of the molecule is CCC(=O)c1ccc(OC)c2ncccc12. The van der Waals surface area contributed by atoms with E-state index in [1.807, 2.05) is 19.1 Å². The molecular formula is C13H13NO2. The highest BCUT2D eigenvalue weighted by molar-refractivity contribution is 6.08. The van der Waals surface area contributed by atoms with Gasteiger partial charge in [0, 0.05) is 23.6 Å². The van der Waals surface area contributed by atoms with Gasteiger partial charge in [0.25, 0.3) is 0 Å². The van der Waals surface area contributed by atoms with Crippen LogP contribution < -0.4 is 4.74 Å². The molecule has 0 fully saturated rings. The van der Waals surface area contributed by atoms with Crippen LogP contribution in [0.25, 0.3) is 10.9 Å². The summed E-state index contributed by atoms with van der Waals surface area (Å²) in [6, 6.07) is 7.31. The summed E-state index contributed by atoms with van der Waals surface area (Å²) in [6.45, 7) is 1.86. The maximum atomic E-state index is 11.8. The van der Waals surface area contributed by atoms with Crippen molar-refractivity contribution in [1.82, 2.24) is 4.98 Å². The second-order valence-corrected chi connectivity index (χ2v) is 3.49. The highest BCUT2D eigenvalue weighted by Crippen LogP contribution is 2.26. The summed E-state index contributed by atoms with van der Waals surface area (Å²) in [5, 5.41) is 0.855. The Morgan fingerprint density at radius 3 is 2.88 bits per heavy atom. The van der Waals surface area contributed by atoms with Gasteiger partial charge in [0.05, 0.1) is 7.11 Å². The fourth-order valence-corrected chi connectivity index (χ4v) is 1.75. The Labute approximate surface area is 94.1 Å². The quantitative estimate of drug-likeness (QED) is 0.739. The molecule has 2 rings (SSSR count). The molecule has 3 nitrogen and oxygen atoms in total. The normalized spacial score (nSPS) is 10.4. The predicted octanol–water partition coefficient (Wildman–Crippen LogP) is 2.84. The number of methoxy groups -OCH3 is 1. The van der Waals surface area contributed by atoms with Gasteiger partial charge in [-0.2, -0.15) is 0 Å². The van der Waals surface area contributed by atoms with Crippen LogP contribution in [0.3, 0.4) is 0 Å². The lowest BCUT2D eigenvalue weighted by Crippen LogP contribution is -1.99. The highest BCUT2D eigenvalue weighted by atomic mass is 16.5. The Balaban J connectivity index is 2.74. The van der Waals surface area contributed by atoms with Gasteiger partial charge < -0.3 is 4.74 Å². The molecule has 0 amide bonds. The van der Waals surface area contributed by atoms with Gasteiger partial charge in [0.2, 0.25) is 0 Å². The Bertz CT molecular complexity index is 534. The van der Waals surface area contributed by atoms with Crippen LogP contribution in [0.4, 0.5) is 0 Å². The number of ketones is 1. The first-order valence-corrected chi connectivity index (χ1v) is 5.22. The van der Waals surface area contributed by atoms with Crippen LogP contribution in [0.15, 0.2) is 30.5 Å². The maximum Gasteiger partial charge on any atom is 0.163 e. The van der Waals surface area contributed by atoms with Crippen LogP contribution in [-0.2, 0) is 0 Å². The molecule has 0 bridgehead atoms. The summed E-state index contributed by atoms with van der Waals surface area (Å²) in [4.78, 5) is 16.0. The first-order valence-electron chi connectivity index (χ1n) is 5.22. The van der Waals surface area contributed by atoms with Gasteiger partial charge in [-0.1, -0.05) is 13.0 Å². The molecule has 16 heavy (non-hydrogen) atoms. The van der Waals surface area contributed by atoms with Gasteiger partial charge >= 0.3 is 0 Å². The smallest absolute Gasteiger partial charge is 0.163 e. The summed E-state index contributed by atoms with van der Waals surface area (Å²) in [6.07, 6.45) is 2.20. The topological polar surface area (TPSA) is 39.2 Å². The second-order valence-electron chi connectivity index (χ2n) is 3.49. The number of carbonyl (C=O) groups is 1. The van der Waals surface area contributed by atoms with Crippen molar-refractivity contribution in [2.75, 3.05) is 7.11 Å². The lowest BCUT2D eigenvalue weighted by atomic mass is 10.0. The van der Waals surface area contributed by atoms with E-state index in [1.54, 1.807) is 25.4 Å².